The fourth-order valence-electron chi connectivity index (χ4n) is 14.2. The van der Waals surface area contributed by atoms with Crippen LogP contribution in [0.1, 0.15) is 180 Å². The third-order valence-electron chi connectivity index (χ3n) is 20.5. The van der Waals surface area contributed by atoms with E-state index in [2.05, 4.69) is 40.5 Å². The second-order valence-electron chi connectivity index (χ2n) is 29.4. The van der Waals surface area contributed by atoms with Crippen LogP contribution >= 0.6 is 17.0 Å². The topological polar surface area (TPSA) is 297 Å². The molecule has 6 atom stereocenters. The number of amides is 7. The minimum Gasteiger partial charge on any atom is -0.476 e. The number of imidazole rings is 3. The molecule has 4 fully saturated rings. The van der Waals surface area contributed by atoms with Gasteiger partial charge in [0, 0.05) is 101 Å². The van der Waals surface area contributed by atoms with Crippen LogP contribution in [-0.4, -0.2) is 202 Å². The van der Waals surface area contributed by atoms with E-state index < -0.39 is 65.1 Å². The van der Waals surface area contributed by atoms with E-state index in [1.807, 2.05) is 18.7 Å². The lowest BCUT2D eigenvalue weighted by Crippen LogP contribution is -2.58. The van der Waals surface area contributed by atoms with Gasteiger partial charge in [0.1, 0.15) is 46.7 Å². The van der Waals surface area contributed by atoms with Gasteiger partial charge >= 0.3 is 12.1 Å². The van der Waals surface area contributed by atoms with E-state index in [1.165, 1.54) is 80.4 Å². The minimum absolute atomic E-state index is 0. The summed E-state index contributed by atoms with van der Waals surface area (Å²) in [5.41, 5.74) is 1.02. The molecule has 4 aliphatic rings. The number of carbonyl (C=O) groups is 8. The summed E-state index contributed by atoms with van der Waals surface area (Å²) < 4.78 is 76.8. The highest BCUT2D eigenvalue weighted by Gasteiger charge is 2.43. The van der Waals surface area contributed by atoms with Crippen molar-refractivity contribution < 1.29 is 70.2 Å². The summed E-state index contributed by atoms with van der Waals surface area (Å²) in [6.07, 6.45) is 24.1. The van der Waals surface area contributed by atoms with E-state index in [0.717, 1.165) is 119 Å². The smallest absolute Gasteiger partial charge is 0.410 e. The SMILES string of the molecule is Br.CC[C@@H](C)C(=O)N[C@H](C(=O)N1CCC[C@H]1CN(CCc1ccc(F)cc1)C(=O)c1cn2cc(F)cnc2n1)C1CCCCC1.C[C@@H](C(=O)N[C@H](C(=O)N1CCC[C@H]1CN(CCc1ccc(F)cc1)C(=O)c1cn2cc(F)cnc2n1)C1CCCCC1)N(C)C(=O)OC(C)(C)C.O=C(O)c1cn2cc(F)cnc2n1. The van der Waals surface area contributed by atoms with Gasteiger partial charge in [-0.25, -0.2) is 61.4 Å². The lowest BCUT2D eigenvalue weighted by molar-refractivity contribution is -0.140. The van der Waals surface area contributed by atoms with Gasteiger partial charge in [0.05, 0.1) is 18.6 Å². The van der Waals surface area contributed by atoms with Gasteiger partial charge in [-0.3, -0.25) is 46.9 Å². The van der Waals surface area contributed by atoms with E-state index in [9.17, 15) is 60.3 Å². The van der Waals surface area contributed by atoms with E-state index in [0.29, 0.717) is 45.3 Å². The van der Waals surface area contributed by atoms with Crippen molar-refractivity contribution in [2.45, 2.75) is 187 Å². The number of likely N-dealkylation sites (N-methyl/N-ethyl adjacent to an activating group) is 1. The Balaban J connectivity index is 0.000000214. The van der Waals surface area contributed by atoms with Crippen molar-refractivity contribution in [3.63, 3.8) is 0 Å². The molecule has 2 saturated heterocycles. The molecule has 2 aliphatic heterocycles. The predicted octanol–water partition coefficient (Wildman–Crippen LogP) is 10.9. The maximum absolute atomic E-state index is 14.5. The Kier molecular flexibility index (Phi) is 28.9. The highest BCUT2D eigenvalue weighted by molar-refractivity contribution is 8.93. The maximum atomic E-state index is 14.5. The van der Waals surface area contributed by atoms with Crippen LogP contribution in [0, 0.1) is 46.8 Å². The van der Waals surface area contributed by atoms with Gasteiger partial charge in [-0.05, 0) is 146 Å². The Labute approximate surface area is 639 Å². The van der Waals surface area contributed by atoms with Crippen LogP contribution in [0.2, 0.25) is 0 Å². The highest BCUT2D eigenvalue weighted by Crippen LogP contribution is 2.33. The van der Waals surface area contributed by atoms with Crippen molar-refractivity contribution in [1.29, 1.82) is 0 Å². The Bertz CT molecular complexity index is 4470. The molecule has 6 aromatic heterocycles. The number of likely N-dealkylation sites (tertiary alicyclic amines) is 2. The van der Waals surface area contributed by atoms with E-state index in [-0.39, 0.29) is 136 Å². The Morgan fingerprint density at radius 3 is 1.28 bits per heavy atom. The molecule has 2 saturated carbocycles. The summed E-state index contributed by atoms with van der Waals surface area (Å²) in [4.78, 5) is 138. The number of aromatic carboxylic acids is 1. The van der Waals surface area contributed by atoms with Gasteiger partial charge < -0.3 is 40.1 Å². The third kappa shape index (κ3) is 22.1. The van der Waals surface area contributed by atoms with Crippen LogP contribution in [0.4, 0.5) is 26.7 Å². The number of aromatic nitrogens is 9. The quantitative estimate of drug-likeness (QED) is 0.0501. The molecule has 2 aliphatic carbocycles. The molecule has 0 bridgehead atoms. The van der Waals surface area contributed by atoms with Crippen molar-refractivity contribution in [3.05, 3.63) is 162 Å². The number of benzene rings is 2. The molecule has 0 spiro atoms. The molecule has 8 aromatic rings. The van der Waals surface area contributed by atoms with Crippen LogP contribution in [0.15, 0.2) is 104 Å². The van der Waals surface area contributed by atoms with Gasteiger partial charge in [0.25, 0.3) is 11.8 Å². The zero-order valence-electron chi connectivity index (χ0n) is 62.4. The molecule has 0 unspecified atom stereocenters. The molecule has 2 aromatic carbocycles. The van der Waals surface area contributed by atoms with Crippen LogP contribution < -0.4 is 10.6 Å². The first-order valence-electron chi connectivity index (χ1n) is 37.1. The van der Waals surface area contributed by atoms with Crippen LogP contribution in [0.25, 0.3) is 17.3 Å². The standard InChI is InChI=1S/C37H49F2N7O5.C33H42F2N6O3.C7H4FN3O2.BrH/c1-24(43(5)36(50)51-37(2,3)4)32(47)42-31(26-10-7-6-8-11-26)34(49)46-18-9-12-29(46)22-44(19-17-25-13-15-27(38)16-14-25)33(48)30-23-45-21-28(39)20-40-35(45)41-30;1-3-22(2)30(42)38-29(24-8-5-4-6-9-24)32(44)41-16-7-10-27(41)20-39(17-15-23-11-13-25(34)14-12-23)31(43)28-21-40-19-26(35)18-36-33(40)37-28;8-4-1-9-7-10-5(6(12)13)3-11(7)2-4;/h13-16,20-21,23-24,26,29,31H,6-12,17-19,22H2,1-5H3,(H,42,47);11-14,18-19,21-22,24,27,29H,3-10,15-17,20H2,1-2H3,(H,38,42);1-3H,(H,12,13);1H/t24-,29-,31-;22-,27+,29+;;/m01../s1. The van der Waals surface area contributed by atoms with Gasteiger partial charge in [-0.1, -0.05) is 76.6 Å². The lowest BCUT2D eigenvalue weighted by Gasteiger charge is -2.37. The number of halogens is 6. The molecule has 7 amide bonds. The summed E-state index contributed by atoms with van der Waals surface area (Å²) >= 11 is 0. The van der Waals surface area contributed by atoms with Crippen molar-refractivity contribution >= 4 is 81.8 Å². The number of carboxylic acids is 1. The monoisotopic (exact) mass is 1580 g/mol. The molecule has 26 nitrogen and oxygen atoms in total. The zero-order valence-corrected chi connectivity index (χ0v) is 64.1. The zero-order chi connectivity index (χ0) is 77.5. The molecule has 8 heterocycles. The predicted molar refractivity (Wildman–Crippen MR) is 398 cm³/mol. The molecule has 109 heavy (non-hydrogen) atoms. The summed E-state index contributed by atoms with van der Waals surface area (Å²) in [6.45, 7) is 12.8. The molecular formula is C77H96BrF5N16O10. The van der Waals surface area contributed by atoms with E-state index >= 15 is 0 Å². The normalized spacial score (nSPS) is 17.2. The number of fused-ring (bicyclic) bond motifs is 3. The molecule has 32 heteroatoms. The van der Waals surface area contributed by atoms with Crippen LogP contribution in [-0.2, 0) is 36.8 Å². The second kappa shape index (κ2) is 37.9. The van der Waals surface area contributed by atoms with Crippen molar-refractivity contribution in [1.82, 2.24) is 78.2 Å². The molecule has 586 valence electrons. The number of carboxylic acid groups (broad SMARTS) is 1. The number of hydrogen-bond donors (Lipinski definition) is 3. The van der Waals surface area contributed by atoms with E-state index in [4.69, 9.17) is 9.84 Å². The number of nitrogens with one attached hydrogen (secondary N) is 2. The summed E-state index contributed by atoms with van der Waals surface area (Å²) in [5.74, 6) is -4.72. The number of ether oxygens (including phenoxy) is 1. The number of rotatable bonds is 23. The van der Waals surface area contributed by atoms with Crippen molar-refractivity contribution in [3.8, 4) is 0 Å². The van der Waals surface area contributed by atoms with Gasteiger partial charge in [0.15, 0.2) is 23.1 Å². The fraction of sp³-hybridized carbons (Fsp3) is 0.506. The average molecular weight is 1580 g/mol. The van der Waals surface area contributed by atoms with Crippen LogP contribution in [0.5, 0.6) is 0 Å². The first-order valence-corrected chi connectivity index (χ1v) is 37.1. The largest absolute Gasteiger partial charge is 0.476 e. The number of hydrogen-bond acceptors (Lipinski definition) is 15. The lowest BCUT2D eigenvalue weighted by atomic mass is 9.83. The van der Waals surface area contributed by atoms with Crippen molar-refractivity contribution in [2.75, 3.05) is 46.3 Å². The Morgan fingerprint density at radius 1 is 0.532 bits per heavy atom. The summed E-state index contributed by atoms with van der Waals surface area (Å²) in [6, 6.07) is 9.38. The average Bonchev–Trinajstić information content (AvgIpc) is 1.71. The molecule has 0 radical (unpaired) electrons. The first kappa shape index (κ1) is 83.0. The number of nitrogens with zero attached hydrogens (tertiary/aromatic N) is 14. The Hall–Kier alpha value is -10.0. The molecule has 3 N–H and O–H groups in total. The van der Waals surface area contributed by atoms with Crippen molar-refractivity contribution in [2.24, 2.45) is 17.8 Å². The summed E-state index contributed by atoms with van der Waals surface area (Å²) in [7, 11) is 1.50. The van der Waals surface area contributed by atoms with Gasteiger partial charge in [-0.15, -0.1) is 17.0 Å². The maximum Gasteiger partial charge on any atom is 0.410 e. The van der Waals surface area contributed by atoms with Gasteiger partial charge in [-0.2, -0.15) is 0 Å². The van der Waals surface area contributed by atoms with Gasteiger partial charge in [0.2, 0.25) is 41.0 Å². The Morgan fingerprint density at radius 2 is 0.908 bits per heavy atom. The first-order chi connectivity index (χ1) is 51.6. The highest BCUT2D eigenvalue weighted by atomic mass is 79.9. The fourth-order valence-corrected chi connectivity index (χ4v) is 14.2. The minimum atomic E-state index is -1.16. The van der Waals surface area contributed by atoms with E-state index in [1.54, 1.807) is 66.7 Å². The van der Waals surface area contributed by atoms with Crippen LogP contribution in [0.3, 0.4) is 0 Å². The molecular weight excluding hydrogens is 1480 g/mol. The second-order valence-corrected chi connectivity index (χ2v) is 29.4. The molecule has 12 rings (SSSR count). The third-order valence-corrected chi connectivity index (χ3v) is 20.5. The number of carbonyl (C=O) groups excluding carboxylic acids is 7. The summed E-state index contributed by atoms with van der Waals surface area (Å²) in [5, 5.41) is 14.7.